The van der Waals surface area contributed by atoms with Crippen LogP contribution in [0.2, 0.25) is 0 Å². The normalized spacial score (nSPS) is 17.1. The van der Waals surface area contributed by atoms with Crippen molar-refractivity contribution in [2.75, 3.05) is 26.3 Å². The van der Waals surface area contributed by atoms with Crippen LogP contribution in [0.25, 0.3) is 0 Å². The fourth-order valence-corrected chi connectivity index (χ4v) is 2.91. The second kappa shape index (κ2) is 9.15. The van der Waals surface area contributed by atoms with Crippen molar-refractivity contribution in [3.05, 3.63) is 58.8 Å². The van der Waals surface area contributed by atoms with Gasteiger partial charge in [0, 0.05) is 24.8 Å². The summed E-state index contributed by atoms with van der Waals surface area (Å²) in [6.45, 7) is 2.05. The highest BCUT2D eigenvalue weighted by Crippen LogP contribution is 2.13. The molecule has 1 fully saturated rings. The van der Waals surface area contributed by atoms with Gasteiger partial charge in [-0.25, -0.2) is 4.98 Å². The molecule has 0 aliphatic carbocycles. The van der Waals surface area contributed by atoms with Crippen LogP contribution in [0.3, 0.4) is 0 Å². The molecule has 26 heavy (non-hydrogen) atoms. The predicted molar refractivity (Wildman–Crippen MR) is 96.1 cm³/mol. The van der Waals surface area contributed by atoms with Crippen molar-refractivity contribution >= 4 is 5.91 Å². The number of H-pyrrole nitrogens is 1. The highest BCUT2D eigenvalue weighted by Gasteiger charge is 2.24. The highest BCUT2D eigenvalue weighted by atomic mass is 16.5. The number of rotatable bonds is 7. The average molecular weight is 357 g/mol. The molecule has 7 nitrogen and oxygen atoms in total. The number of aromatic amines is 1. The second-order valence-electron chi connectivity index (χ2n) is 6.19. The zero-order valence-electron chi connectivity index (χ0n) is 14.6. The zero-order chi connectivity index (χ0) is 18.2. The highest BCUT2D eigenvalue weighted by molar-refractivity contribution is 5.76. The summed E-state index contributed by atoms with van der Waals surface area (Å²) in [6, 6.07) is 11.0. The van der Waals surface area contributed by atoms with Crippen LogP contribution >= 0.6 is 0 Å². The third kappa shape index (κ3) is 5.42. The van der Waals surface area contributed by atoms with Crippen molar-refractivity contribution in [2.45, 2.75) is 25.4 Å². The van der Waals surface area contributed by atoms with E-state index < -0.39 is 0 Å². The first kappa shape index (κ1) is 18.1. The van der Waals surface area contributed by atoms with Crippen molar-refractivity contribution in [3.63, 3.8) is 0 Å². The molecule has 1 aromatic carbocycles. The summed E-state index contributed by atoms with van der Waals surface area (Å²) in [7, 11) is 0. The molecule has 7 heteroatoms. The number of hydrogen-bond donors (Lipinski definition) is 1. The molecule has 2 heterocycles. The van der Waals surface area contributed by atoms with E-state index in [2.05, 4.69) is 9.97 Å². The topological polar surface area (TPSA) is 84.5 Å². The monoisotopic (exact) mass is 357 g/mol. The summed E-state index contributed by atoms with van der Waals surface area (Å²) in [5.41, 5.74) is 0.576. The van der Waals surface area contributed by atoms with E-state index >= 15 is 0 Å². The molecule has 2 aromatic rings. The zero-order valence-corrected chi connectivity index (χ0v) is 14.6. The molecule has 1 atom stereocenters. The van der Waals surface area contributed by atoms with Gasteiger partial charge in [0.25, 0.3) is 5.56 Å². The number of carbonyl (C=O) groups excluding carboxylic acids is 1. The van der Waals surface area contributed by atoms with Gasteiger partial charge in [0.05, 0.1) is 32.1 Å². The van der Waals surface area contributed by atoms with Crippen molar-refractivity contribution in [1.82, 2.24) is 14.9 Å². The van der Waals surface area contributed by atoms with E-state index in [0.29, 0.717) is 39.1 Å². The lowest BCUT2D eigenvalue weighted by atomic mass is 10.1. The van der Waals surface area contributed by atoms with E-state index in [1.54, 1.807) is 0 Å². The second-order valence-corrected chi connectivity index (χ2v) is 6.19. The molecule has 1 saturated heterocycles. The number of ether oxygens (including phenoxy) is 2. The summed E-state index contributed by atoms with van der Waals surface area (Å²) in [6.07, 6.45) is 3.08. The van der Waals surface area contributed by atoms with Gasteiger partial charge in [-0.2, -0.15) is 0 Å². The Morgan fingerprint density at radius 1 is 1.35 bits per heavy atom. The van der Waals surface area contributed by atoms with E-state index in [0.717, 1.165) is 17.9 Å². The maximum atomic E-state index is 12.4. The third-order valence-corrected chi connectivity index (χ3v) is 4.28. The van der Waals surface area contributed by atoms with Crippen LogP contribution < -0.4 is 10.3 Å². The quantitative estimate of drug-likeness (QED) is 0.810. The van der Waals surface area contributed by atoms with Gasteiger partial charge in [0.1, 0.15) is 5.75 Å². The molecule has 3 rings (SSSR count). The summed E-state index contributed by atoms with van der Waals surface area (Å²) < 4.78 is 11.3. The van der Waals surface area contributed by atoms with Gasteiger partial charge >= 0.3 is 0 Å². The molecule has 0 saturated carbocycles. The maximum absolute atomic E-state index is 12.4. The molecule has 1 unspecified atom stereocenters. The molecule has 1 aromatic heterocycles. The average Bonchev–Trinajstić information content (AvgIpc) is 2.67. The summed E-state index contributed by atoms with van der Waals surface area (Å²) in [5, 5.41) is 0. The van der Waals surface area contributed by atoms with Crippen LogP contribution in [0, 0.1) is 0 Å². The Morgan fingerprint density at radius 2 is 2.19 bits per heavy atom. The Hall–Kier alpha value is -2.67. The first-order chi connectivity index (χ1) is 12.7. The number of carbonyl (C=O) groups is 1. The maximum Gasteiger partial charge on any atom is 0.250 e. The van der Waals surface area contributed by atoms with Crippen molar-refractivity contribution in [3.8, 4) is 5.75 Å². The lowest BCUT2D eigenvalue weighted by Crippen LogP contribution is -2.46. The van der Waals surface area contributed by atoms with Gasteiger partial charge in [-0.3, -0.25) is 9.59 Å². The number of benzene rings is 1. The van der Waals surface area contributed by atoms with Crippen LogP contribution in [-0.4, -0.2) is 53.2 Å². The molecule has 138 valence electrons. The molecule has 1 aliphatic rings. The molecule has 1 amide bonds. The van der Waals surface area contributed by atoms with Gasteiger partial charge in [0.2, 0.25) is 5.91 Å². The Morgan fingerprint density at radius 3 is 3.00 bits per heavy atom. The first-order valence-electron chi connectivity index (χ1n) is 8.81. The van der Waals surface area contributed by atoms with E-state index in [9.17, 15) is 9.59 Å². The molecule has 1 N–H and O–H groups in total. The third-order valence-electron chi connectivity index (χ3n) is 4.28. The molecule has 0 bridgehead atoms. The van der Waals surface area contributed by atoms with Gasteiger partial charge in [0.15, 0.2) is 0 Å². The minimum absolute atomic E-state index is 0.0381. The molecule has 1 aliphatic heterocycles. The first-order valence-corrected chi connectivity index (χ1v) is 8.81. The number of morpholine rings is 1. The molecular weight excluding hydrogens is 334 g/mol. The Labute approximate surface area is 152 Å². The fourth-order valence-electron chi connectivity index (χ4n) is 2.91. The minimum Gasteiger partial charge on any atom is -0.493 e. The van der Waals surface area contributed by atoms with Crippen molar-refractivity contribution < 1.29 is 14.3 Å². The van der Waals surface area contributed by atoms with Gasteiger partial charge in [-0.15, -0.1) is 0 Å². The standard InChI is InChI=1S/C19H23N3O4/c23-18-12-15(20-14-21-18)6-7-17-13-22(9-11-26-17)19(24)8-10-25-16-4-2-1-3-5-16/h1-5,12,14,17H,6-11,13H2,(H,20,21,23). The van der Waals surface area contributed by atoms with Crippen LogP contribution in [-0.2, 0) is 16.0 Å². The summed E-state index contributed by atoms with van der Waals surface area (Å²) >= 11 is 0. The van der Waals surface area contributed by atoms with Crippen LogP contribution in [0.4, 0.5) is 0 Å². The van der Waals surface area contributed by atoms with Gasteiger partial charge < -0.3 is 19.4 Å². The van der Waals surface area contributed by atoms with Gasteiger partial charge in [-0.05, 0) is 25.0 Å². The van der Waals surface area contributed by atoms with E-state index in [1.165, 1.54) is 12.4 Å². The van der Waals surface area contributed by atoms with E-state index in [4.69, 9.17) is 9.47 Å². The van der Waals surface area contributed by atoms with E-state index in [-0.39, 0.29) is 17.6 Å². The lowest BCUT2D eigenvalue weighted by Gasteiger charge is -2.33. The van der Waals surface area contributed by atoms with Crippen molar-refractivity contribution in [1.29, 1.82) is 0 Å². The number of aromatic nitrogens is 2. The Balaban J connectivity index is 1.42. The number of nitrogens with zero attached hydrogens (tertiary/aromatic N) is 2. The number of hydrogen-bond acceptors (Lipinski definition) is 5. The number of aryl methyl sites for hydroxylation is 1. The number of para-hydroxylation sites is 1. The van der Waals surface area contributed by atoms with E-state index in [1.807, 2.05) is 35.2 Å². The minimum atomic E-state index is -0.158. The SMILES string of the molecule is O=C(CCOc1ccccc1)N1CCOC(CCc2cc(=O)[nH]cn2)C1. The Kier molecular flexibility index (Phi) is 6.38. The molecular formula is C19H23N3O4. The summed E-state index contributed by atoms with van der Waals surface area (Å²) in [4.78, 5) is 32.1. The Bertz CT molecular complexity index is 763. The fraction of sp³-hybridized carbons (Fsp3) is 0.421. The largest absolute Gasteiger partial charge is 0.493 e. The smallest absolute Gasteiger partial charge is 0.250 e. The lowest BCUT2D eigenvalue weighted by molar-refractivity contribution is -0.139. The number of amides is 1. The van der Waals surface area contributed by atoms with Crippen molar-refractivity contribution in [2.24, 2.45) is 0 Å². The van der Waals surface area contributed by atoms with Crippen LogP contribution in [0.15, 0.2) is 47.5 Å². The van der Waals surface area contributed by atoms with Crippen LogP contribution in [0.5, 0.6) is 5.75 Å². The molecule has 0 radical (unpaired) electrons. The molecule has 0 spiro atoms. The summed E-state index contributed by atoms with van der Waals surface area (Å²) in [5.74, 6) is 0.842. The predicted octanol–water partition coefficient (Wildman–Crippen LogP) is 1.40. The number of nitrogens with one attached hydrogen (secondary N) is 1. The van der Waals surface area contributed by atoms with Gasteiger partial charge in [-0.1, -0.05) is 18.2 Å². The van der Waals surface area contributed by atoms with Crippen LogP contribution in [0.1, 0.15) is 18.5 Å².